The Labute approximate surface area is 147 Å². The van der Waals surface area contributed by atoms with Gasteiger partial charge in [-0.05, 0) is 35.4 Å². The van der Waals surface area contributed by atoms with Gasteiger partial charge >= 0.3 is 0 Å². The fourth-order valence-corrected chi connectivity index (χ4v) is 2.39. The minimum atomic E-state index is -0.262. The first-order valence-corrected chi connectivity index (χ1v) is 8.02. The van der Waals surface area contributed by atoms with Gasteiger partial charge in [0.25, 0.3) is 0 Å². The molecule has 0 spiro atoms. The smallest absolute Gasteiger partial charge is 0.191 e. The van der Waals surface area contributed by atoms with Crippen LogP contribution in [0.3, 0.4) is 0 Å². The molecule has 0 saturated carbocycles. The van der Waals surface area contributed by atoms with Crippen LogP contribution in [0.4, 0.5) is 4.39 Å². The summed E-state index contributed by atoms with van der Waals surface area (Å²) in [7, 11) is 4.98. The molecule has 1 unspecified atom stereocenters. The molecule has 0 heterocycles. The molecule has 134 valence electrons. The first-order chi connectivity index (χ1) is 12.2. The van der Waals surface area contributed by atoms with Gasteiger partial charge in [0, 0.05) is 27.2 Å². The summed E-state index contributed by atoms with van der Waals surface area (Å²) in [6.07, 6.45) is -0.198. The van der Waals surface area contributed by atoms with Gasteiger partial charge in [0.2, 0.25) is 0 Å². The fraction of sp³-hybridized carbons (Fsp3) is 0.316. The molecule has 0 amide bonds. The Hall–Kier alpha value is -2.60. The zero-order chi connectivity index (χ0) is 18.1. The number of aliphatic imine (C=N–C) groups is 1. The van der Waals surface area contributed by atoms with E-state index >= 15 is 0 Å². The second-order valence-electron chi connectivity index (χ2n) is 5.43. The third-order valence-corrected chi connectivity index (χ3v) is 3.80. The van der Waals surface area contributed by atoms with E-state index in [1.54, 1.807) is 33.4 Å². The summed E-state index contributed by atoms with van der Waals surface area (Å²) < 4.78 is 23.7. The zero-order valence-corrected chi connectivity index (χ0v) is 14.8. The summed E-state index contributed by atoms with van der Waals surface area (Å²) >= 11 is 0. The van der Waals surface area contributed by atoms with Crippen LogP contribution in [0, 0.1) is 5.82 Å². The van der Waals surface area contributed by atoms with Crippen molar-refractivity contribution in [2.24, 2.45) is 4.99 Å². The van der Waals surface area contributed by atoms with E-state index in [4.69, 9.17) is 9.47 Å². The molecule has 2 aromatic rings. The number of rotatable bonds is 7. The topological polar surface area (TPSA) is 54.9 Å². The van der Waals surface area contributed by atoms with Crippen molar-refractivity contribution in [3.8, 4) is 5.75 Å². The predicted molar refractivity (Wildman–Crippen MR) is 97.3 cm³/mol. The lowest BCUT2D eigenvalue weighted by molar-refractivity contribution is 0.106. The van der Waals surface area contributed by atoms with Crippen LogP contribution in [0.2, 0.25) is 0 Å². The third-order valence-electron chi connectivity index (χ3n) is 3.80. The van der Waals surface area contributed by atoms with Gasteiger partial charge in [-0.15, -0.1) is 0 Å². The summed E-state index contributed by atoms with van der Waals surface area (Å²) in [6, 6.07) is 14.1. The first kappa shape index (κ1) is 18.7. The molecule has 0 saturated heterocycles. The van der Waals surface area contributed by atoms with E-state index in [1.807, 2.05) is 24.3 Å². The van der Waals surface area contributed by atoms with E-state index in [-0.39, 0.29) is 11.9 Å². The summed E-state index contributed by atoms with van der Waals surface area (Å²) in [5, 5.41) is 6.47. The number of hydrogen-bond donors (Lipinski definition) is 2. The molecule has 0 fully saturated rings. The molecular weight excluding hydrogens is 321 g/mol. The highest BCUT2D eigenvalue weighted by atomic mass is 19.1. The molecule has 2 rings (SSSR count). The molecule has 0 bridgehead atoms. The Morgan fingerprint density at radius 2 is 1.88 bits per heavy atom. The first-order valence-electron chi connectivity index (χ1n) is 8.02. The van der Waals surface area contributed by atoms with Crippen LogP contribution in [0.1, 0.15) is 17.2 Å². The van der Waals surface area contributed by atoms with Gasteiger partial charge in [-0.3, -0.25) is 4.99 Å². The number of methoxy groups -OCH3 is 2. The van der Waals surface area contributed by atoms with E-state index in [9.17, 15) is 4.39 Å². The van der Waals surface area contributed by atoms with Crippen molar-refractivity contribution in [2.45, 2.75) is 12.6 Å². The molecule has 2 N–H and O–H groups in total. The Morgan fingerprint density at radius 3 is 2.52 bits per heavy atom. The lowest BCUT2D eigenvalue weighted by atomic mass is 10.1. The van der Waals surface area contributed by atoms with E-state index in [0.717, 1.165) is 16.9 Å². The van der Waals surface area contributed by atoms with Crippen LogP contribution >= 0.6 is 0 Å². The predicted octanol–water partition coefficient (Wildman–Crippen LogP) is 2.89. The van der Waals surface area contributed by atoms with Crippen molar-refractivity contribution in [3.63, 3.8) is 0 Å². The molecule has 6 heteroatoms. The number of ether oxygens (including phenoxy) is 2. The van der Waals surface area contributed by atoms with Gasteiger partial charge < -0.3 is 20.1 Å². The van der Waals surface area contributed by atoms with Crippen LogP contribution < -0.4 is 15.4 Å². The van der Waals surface area contributed by atoms with Crippen LogP contribution in [-0.2, 0) is 11.3 Å². The van der Waals surface area contributed by atoms with Crippen molar-refractivity contribution < 1.29 is 13.9 Å². The summed E-state index contributed by atoms with van der Waals surface area (Å²) in [4.78, 5) is 4.21. The second kappa shape index (κ2) is 9.64. The van der Waals surface area contributed by atoms with Crippen LogP contribution in [0.15, 0.2) is 53.5 Å². The van der Waals surface area contributed by atoms with Crippen LogP contribution in [0.5, 0.6) is 5.75 Å². The van der Waals surface area contributed by atoms with Crippen LogP contribution in [-0.4, -0.2) is 33.8 Å². The van der Waals surface area contributed by atoms with Gasteiger partial charge in [-0.25, -0.2) is 4.39 Å². The number of hydrogen-bond acceptors (Lipinski definition) is 3. The Morgan fingerprint density at radius 1 is 1.12 bits per heavy atom. The molecule has 0 radical (unpaired) electrons. The minimum absolute atomic E-state index is 0.198. The van der Waals surface area contributed by atoms with Gasteiger partial charge in [-0.1, -0.05) is 24.3 Å². The molecule has 0 aliphatic carbocycles. The van der Waals surface area contributed by atoms with Crippen molar-refractivity contribution >= 4 is 5.96 Å². The van der Waals surface area contributed by atoms with Crippen LogP contribution in [0.25, 0.3) is 0 Å². The average Bonchev–Trinajstić information content (AvgIpc) is 2.66. The summed E-state index contributed by atoms with van der Waals surface area (Å²) in [5.41, 5.74) is 1.99. The normalized spacial score (nSPS) is 12.6. The quantitative estimate of drug-likeness (QED) is 0.598. The highest BCUT2D eigenvalue weighted by Crippen LogP contribution is 2.16. The number of nitrogens with one attached hydrogen (secondary N) is 2. The van der Waals surface area contributed by atoms with Crippen molar-refractivity contribution in [1.29, 1.82) is 0 Å². The van der Waals surface area contributed by atoms with E-state index in [0.29, 0.717) is 19.0 Å². The SMILES string of the molecule is CN=C(NCc1cccc(OC)c1)NCC(OC)c1ccc(F)cc1. The maximum Gasteiger partial charge on any atom is 0.191 e. The summed E-state index contributed by atoms with van der Waals surface area (Å²) in [5.74, 6) is 1.22. The molecule has 0 aromatic heterocycles. The van der Waals surface area contributed by atoms with Gasteiger partial charge in [0.15, 0.2) is 5.96 Å². The van der Waals surface area contributed by atoms with Crippen molar-refractivity contribution in [2.75, 3.05) is 27.8 Å². The largest absolute Gasteiger partial charge is 0.497 e. The van der Waals surface area contributed by atoms with Crippen molar-refractivity contribution in [3.05, 3.63) is 65.5 Å². The monoisotopic (exact) mass is 345 g/mol. The standard InChI is InChI=1S/C19H24FN3O2/c1-21-19(22-12-14-5-4-6-17(11-14)24-2)23-13-18(25-3)15-7-9-16(20)10-8-15/h4-11,18H,12-13H2,1-3H3,(H2,21,22,23). The Kier molecular flexibility index (Phi) is 7.22. The lowest BCUT2D eigenvalue weighted by Crippen LogP contribution is -2.39. The maximum absolute atomic E-state index is 13.0. The van der Waals surface area contributed by atoms with E-state index in [1.165, 1.54) is 12.1 Å². The molecule has 0 aliphatic heterocycles. The average molecular weight is 345 g/mol. The zero-order valence-electron chi connectivity index (χ0n) is 14.8. The Bertz CT molecular complexity index is 689. The number of benzene rings is 2. The highest BCUT2D eigenvalue weighted by Gasteiger charge is 2.11. The number of halogens is 1. The molecule has 2 aromatic carbocycles. The minimum Gasteiger partial charge on any atom is -0.497 e. The molecule has 1 atom stereocenters. The third kappa shape index (κ3) is 5.76. The molecular formula is C19H24FN3O2. The maximum atomic E-state index is 13.0. The van der Waals surface area contributed by atoms with Gasteiger partial charge in [0.05, 0.1) is 13.2 Å². The van der Waals surface area contributed by atoms with E-state index in [2.05, 4.69) is 15.6 Å². The Balaban J connectivity index is 1.89. The van der Waals surface area contributed by atoms with E-state index < -0.39 is 0 Å². The lowest BCUT2D eigenvalue weighted by Gasteiger charge is -2.19. The number of nitrogens with zero attached hydrogens (tertiary/aromatic N) is 1. The highest BCUT2D eigenvalue weighted by molar-refractivity contribution is 5.79. The fourth-order valence-electron chi connectivity index (χ4n) is 2.39. The number of guanidine groups is 1. The van der Waals surface area contributed by atoms with Gasteiger partial charge in [0.1, 0.15) is 11.6 Å². The second-order valence-corrected chi connectivity index (χ2v) is 5.43. The summed E-state index contributed by atoms with van der Waals surface area (Å²) in [6.45, 7) is 1.13. The van der Waals surface area contributed by atoms with Gasteiger partial charge in [-0.2, -0.15) is 0 Å². The molecule has 25 heavy (non-hydrogen) atoms. The molecule has 5 nitrogen and oxygen atoms in total. The molecule has 0 aliphatic rings. The van der Waals surface area contributed by atoms with Crippen molar-refractivity contribution in [1.82, 2.24) is 10.6 Å².